The number of carbonyl (C=O) groups is 1. The van der Waals surface area contributed by atoms with Gasteiger partial charge in [-0.15, -0.1) is 0 Å². The number of hydrogen-bond acceptors (Lipinski definition) is 1. The van der Waals surface area contributed by atoms with E-state index in [0.29, 0.717) is 0 Å². The van der Waals surface area contributed by atoms with Crippen LogP contribution in [0.25, 0.3) is 11.1 Å². The molecule has 0 atom stereocenters. The molecule has 3 heteroatoms. The maximum absolute atomic E-state index is 11.8. The Labute approximate surface area is 156 Å². The van der Waals surface area contributed by atoms with Crippen LogP contribution >= 0.6 is 0 Å². The van der Waals surface area contributed by atoms with Crippen molar-refractivity contribution in [3.63, 3.8) is 0 Å². The smallest absolute Gasteiger partial charge is 0.223 e. The van der Waals surface area contributed by atoms with E-state index in [2.05, 4.69) is 68.7 Å². The largest absolute Gasteiger partial charge is 0.312 e. The number of nitrogens with zero attached hydrogens (tertiary/aromatic N) is 2. The summed E-state index contributed by atoms with van der Waals surface area (Å²) >= 11 is 0. The van der Waals surface area contributed by atoms with Crippen molar-refractivity contribution in [1.29, 1.82) is 0 Å². The Morgan fingerprint density at radius 2 is 1.85 bits per heavy atom. The second-order valence-corrected chi connectivity index (χ2v) is 7.95. The van der Waals surface area contributed by atoms with Crippen molar-refractivity contribution in [1.82, 2.24) is 0 Å². The van der Waals surface area contributed by atoms with E-state index in [1.54, 1.807) is 6.92 Å². The highest BCUT2D eigenvalue weighted by atomic mass is 16.2. The summed E-state index contributed by atoms with van der Waals surface area (Å²) in [5.41, 5.74) is 9.05. The van der Waals surface area contributed by atoms with Gasteiger partial charge in [-0.05, 0) is 68.1 Å². The molecular weight excluding hydrogens is 320 g/mol. The summed E-state index contributed by atoms with van der Waals surface area (Å²) in [6.45, 7) is 12.5. The molecule has 2 aliphatic rings. The second kappa shape index (κ2) is 5.80. The van der Waals surface area contributed by atoms with Crippen LogP contribution in [0.15, 0.2) is 36.4 Å². The standard InChI is InChI=1S/C23H27N2O/c1-6-24-15(2)23(4,5)20-14-18(8-10-22(20)24)17-7-9-21-19(13-17)11-12-25(21)16(3)26/h7-10,13-14H,6,11-12H2,1-5H3/q+1. The van der Waals surface area contributed by atoms with Gasteiger partial charge in [0.2, 0.25) is 11.6 Å². The molecule has 1 amide bonds. The maximum atomic E-state index is 11.8. The third-order valence-electron chi connectivity index (χ3n) is 6.27. The summed E-state index contributed by atoms with van der Waals surface area (Å²) in [6.07, 6.45) is 0.940. The summed E-state index contributed by atoms with van der Waals surface area (Å²) in [4.78, 5) is 13.6. The molecule has 0 fully saturated rings. The van der Waals surface area contributed by atoms with Gasteiger partial charge in [-0.1, -0.05) is 6.07 Å². The van der Waals surface area contributed by atoms with Gasteiger partial charge in [0.1, 0.15) is 6.54 Å². The molecule has 26 heavy (non-hydrogen) atoms. The highest BCUT2D eigenvalue weighted by Gasteiger charge is 2.42. The van der Waals surface area contributed by atoms with Gasteiger partial charge in [-0.25, -0.2) is 0 Å². The Balaban J connectivity index is 1.77. The van der Waals surface area contributed by atoms with E-state index in [4.69, 9.17) is 0 Å². The highest BCUT2D eigenvalue weighted by Crippen LogP contribution is 2.42. The summed E-state index contributed by atoms with van der Waals surface area (Å²) in [6, 6.07) is 13.4. The lowest BCUT2D eigenvalue weighted by Gasteiger charge is -2.17. The average Bonchev–Trinajstić information content (AvgIpc) is 3.12. The molecule has 3 nitrogen and oxygen atoms in total. The molecule has 134 valence electrons. The molecule has 0 bridgehead atoms. The summed E-state index contributed by atoms with van der Waals surface area (Å²) < 4.78 is 2.42. The van der Waals surface area contributed by atoms with Crippen molar-refractivity contribution < 1.29 is 9.37 Å². The van der Waals surface area contributed by atoms with Crippen LogP contribution in [0.1, 0.15) is 45.7 Å². The van der Waals surface area contributed by atoms with E-state index < -0.39 is 0 Å². The van der Waals surface area contributed by atoms with Crippen molar-refractivity contribution in [2.75, 3.05) is 18.0 Å². The minimum atomic E-state index is 0.0590. The highest BCUT2D eigenvalue weighted by molar-refractivity contribution is 5.95. The molecule has 0 radical (unpaired) electrons. The SMILES string of the molecule is CC[N+]1=C(C)C(C)(C)c2cc(-c3ccc4c(c3)CCN4C(C)=O)ccc21. The Kier molecular flexibility index (Phi) is 3.80. The fourth-order valence-corrected chi connectivity index (χ4v) is 4.48. The van der Waals surface area contributed by atoms with Crippen LogP contribution in [0.2, 0.25) is 0 Å². The Morgan fingerprint density at radius 1 is 1.15 bits per heavy atom. The van der Waals surface area contributed by atoms with Gasteiger partial charge in [0.25, 0.3) is 0 Å². The van der Waals surface area contributed by atoms with E-state index >= 15 is 0 Å². The van der Waals surface area contributed by atoms with Gasteiger partial charge in [0.15, 0.2) is 5.71 Å². The number of benzene rings is 2. The molecule has 2 aromatic rings. The van der Waals surface area contributed by atoms with Crippen LogP contribution in [0.4, 0.5) is 11.4 Å². The molecule has 0 saturated heterocycles. The molecule has 0 unspecified atom stereocenters. The molecule has 0 saturated carbocycles. The number of rotatable bonds is 2. The molecule has 2 aromatic carbocycles. The van der Waals surface area contributed by atoms with Crippen molar-refractivity contribution >= 4 is 23.0 Å². The second-order valence-electron chi connectivity index (χ2n) is 7.95. The van der Waals surface area contributed by atoms with Crippen molar-refractivity contribution in [2.24, 2.45) is 0 Å². The van der Waals surface area contributed by atoms with Crippen molar-refractivity contribution in [3.05, 3.63) is 47.5 Å². The summed E-state index contributed by atoms with van der Waals surface area (Å²) in [5.74, 6) is 0.126. The fourth-order valence-electron chi connectivity index (χ4n) is 4.48. The predicted molar refractivity (Wildman–Crippen MR) is 108 cm³/mol. The van der Waals surface area contributed by atoms with E-state index in [1.807, 2.05) is 4.90 Å². The molecule has 0 aliphatic carbocycles. The Bertz CT molecular complexity index is 953. The van der Waals surface area contributed by atoms with Gasteiger partial charge in [-0.2, -0.15) is 4.58 Å². The third-order valence-corrected chi connectivity index (χ3v) is 6.27. The maximum Gasteiger partial charge on any atom is 0.223 e. The lowest BCUT2D eigenvalue weighted by molar-refractivity contribution is -0.434. The minimum absolute atomic E-state index is 0.0590. The quantitative estimate of drug-likeness (QED) is 0.724. The van der Waals surface area contributed by atoms with Crippen molar-refractivity contribution in [3.8, 4) is 11.1 Å². The summed E-state index contributed by atoms with van der Waals surface area (Å²) in [7, 11) is 0. The number of anilines is 1. The topological polar surface area (TPSA) is 23.3 Å². The number of hydrogen-bond donors (Lipinski definition) is 0. The molecule has 2 heterocycles. The zero-order valence-corrected chi connectivity index (χ0v) is 16.4. The van der Waals surface area contributed by atoms with Crippen LogP contribution in [0.3, 0.4) is 0 Å². The van der Waals surface area contributed by atoms with Gasteiger partial charge in [-0.3, -0.25) is 4.79 Å². The lowest BCUT2D eigenvalue weighted by Crippen LogP contribution is -2.26. The number of fused-ring (bicyclic) bond motifs is 2. The Morgan fingerprint density at radius 3 is 2.54 bits per heavy atom. The van der Waals surface area contributed by atoms with Crippen LogP contribution in [-0.2, 0) is 16.6 Å². The van der Waals surface area contributed by atoms with Gasteiger partial charge < -0.3 is 4.90 Å². The van der Waals surface area contributed by atoms with Crippen LogP contribution in [0, 0.1) is 0 Å². The van der Waals surface area contributed by atoms with Crippen molar-refractivity contribution in [2.45, 2.75) is 46.5 Å². The lowest BCUT2D eigenvalue weighted by atomic mass is 9.81. The van der Waals surface area contributed by atoms with Crippen LogP contribution in [-0.4, -0.2) is 29.3 Å². The van der Waals surface area contributed by atoms with Gasteiger partial charge in [0.05, 0.1) is 5.41 Å². The third kappa shape index (κ3) is 2.33. The zero-order valence-electron chi connectivity index (χ0n) is 16.4. The van der Waals surface area contributed by atoms with E-state index in [-0.39, 0.29) is 11.3 Å². The normalized spacial score (nSPS) is 17.5. The van der Waals surface area contributed by atoms with Gasteiger partial charge >= 0.3 is 0 Å². The number of amides is 1. The number of carbonyl (C=O) groups excluding carboxylic acids is 1. The first kappa shape index (κ1) is 17.0. The van der Waals surface area contributed by atoms with E-state index in [0.717, 1.165) is 25.2 Å². The molecule has 4 rings (SSSR count). The summed E-state index contributed by atoms with van der Waals surface area (Å²) in [5, 5.41) is 0. The first-order chi connectivity index (χ1) is 12.3. The first-order valence-electron chi connectivity index (χ1n) is 9.52. The molecule has 0 N–H and O–H groups in total. The minimum Gasteiger partial charge on any atom is -0.312 e. The van der Waals surface area contributed by atoms with E-state index in [9.17, 15) is 4.79 Å². The Hall–Kier alpha value is -2.42. The fraction of sp³-hybridized carbons (Fsp3) is 0.391. The predicted octanol–water partition coefficient (Wildman–Crippen LogP) is 4.68. The molecule has 0 spiro atoms. The van der Waals surface area contributed by atoms with E-state index in [1.165, 1.54) is 33.7 Å². The van der Waals surface area contributed by atoms with Crippen LogP contribution in [0.5, 0.6) is 0 Å². The average molecular weight is 347 g/mol. The monoisotopic (exact) mass is 347 g/mol. The van der Waals surface area contributed by atoms with Gasteiger partial charge in [0, 0.05) is 37.7 Å². The molecule has 0 aromatic heterocycles. The first-order valence-corrected chi connectivity index (χ1v) is 9.52. The molecule has 2 aliphatic heterocycles. The van der Waals surface area contributed by atoms with Crippen LogP contribution < -0.4 is 4.90 Å². The zero-order chi connectivity index (χ0) is 18.6. The molecular formula is C23H27N2O+.